The number of aromatic nitrogens is 2. The number of carbonyl (C=O) groups excluding carboxylic acids is 1. The van der Waals surface area contributed by atoms with Crippen molar-refractivity contribution in [2.75, 3.05) is 23.8 Å². The Hall–Kier alpha value is -3.68. The Morgan fingerprint density at radius 2 is 1.86 bits per heavy atom. The molecule has 2 N–H and O–H groups in total. The maximum Gasteiger partial charge on any atom is 0.274 e. The van der Waals surface area contributed by atoms with Gasteiger partial charge in [0.05, 0.1) is 0 Å². The van der Waals surface area contributed by atoms with E-state index in [-0.39, 0.29) is 18.1 Å². The lowest BCUT2D eigenvalue weighted by molar-refractivity contribution is 0.102. The maximum absolute atomic E-state index is 13.7. The normalized spacial score (nSPS) is 12.3. The average molecular weight is 380 g/mol. The zero-order valence-corrected chi connectivity index (χ0v) is 14.8. The molecule has 0 aliphatic carbocycles. The van der Waals surface area contributed by atoms with E-state index in [0.717, 1.165) is 0 Å². The highest BCUT2D eigenvalue weighted by atomic mass is 19.1. The summed E-state index contributed by atoms with van der Waals surface area (Å²) in [5.41, 5.74) is 1.25. The van der Waals surface area contributed by atoms with Gasteiger partial charge in [-0.1, -0.05) is 18.2 Å². The van der Waals surface area contributed by atoms with Gasteiger partial charge in [-0.25, -0.2) is 14.4 Å². The Balaban J connectivity index is 1.43. The van der Waals surface area contributed by atoms with E-state index in [2.05, 4.69) is 20.6 Å². The lowest BCUT2D eigenvalue weighted by atomic mass is 10.2. The van der Waals surface area contributed by atoms with Gasteiger partial charge in [-0.15, -0.1) is 0 Å². The number of hydrogen-bond acceptors (Lipinski definition) is 6. The monoisotopic (exact) mass is 380 g/mol. The molecule has 0 saturated heterocycles. The SMILES string of the molecule is O=C(Nc1ccc2c(c1)OCCO2)c1cc(NCc2ccccc2F)ncn1. The number of ether oxygens (including phenoxy) is 2. The van der Waals surface area contributed by atoms with Crippen LogP contribution in [0.4, 0.5) is 15.9 Å². The first-order valence-corrected chi connectivity index (χ1v) is 8.69. The van der Waals surface area contributed by atoms with Gasteiger partial charge in [0.25, 0.3) is 5.91 Å². The van der Waals surface area contributed by atoms with Crippen molar-refractivity contribution in [1.29, 1.82) is 0 Å². The second-order valence-electron chi connectivity index (χ2n) is 6.05. The van der Waals surface area contributed by atoms with Gasteiger partial charge < -0.3 is 20.1 Å². The molecule has 2 heterocycles. The number of carbonyl (C=O) groups is 1. The summed E-state index contributed by atoms with van der Waals surface area (Å²) in [5.74, 6) is 0.948. The Kier molecular flexibility index (Phi) is 5.01. The van der Waals surface area contributed by atoms with E-state index in [4.69, 9.17) is 9.47 Å². The van der Waals surface area contributed by atoms with Crippen molar-refractivity contribution in [2.24, 2.45) is 0 Å². The first-order valence-electron chi connectivity index (χ1n) is 8.69. The first kappa shape index (κ1) is 17.7. The molecule has 1 amide bonds. The zero-order chi connectivity index (χ0) is 19.3. The Labute approximate surface area is 160 Å². The van der Waals surface area contributed by atoms with Crippen molar-refractivity contribution in [3.8, 4) is 11.5 Å². The van der Waals surface area contributed by atoms with Gasteiger partial charge in [0, 0.05) is 29.9 Å². The molecular formula is C20H17FN4O3. The molecule has 0 spiro atoms. The van der Waals surface area contributed by atoms with Crippen molar-refractivity contribution in [1.82, 2.24) is 9.97 Å². The highest BCUT2D eigenvalue weighted by molar-refractivity contribution is 6.03. The van der Waals surface area contributed by atoms with Crippen LogP contribution in [-0.4, -0.2) is 29.1 Å². The van der Waals surface area contributed by atoms with Crippen molar-refractivity contribution >= 4 is 17.4 Å². The van der Waals surface area contributed by atoms with Crippen LogP contribution in [0, 0.1) is 5.82 Å². The number of amides is 1. The number of hydrogen-bond donors (Lipinski definition) is 2. The van der Waals surface area contributed by atoms with Crippen LogP contribution in [0.15, 0.2) is 54.9 Å². The van der Waals surface area contributed by atoms with E-state index in [1.54, 1.807) is 36.4 Å². The highest BCUT2D eigenvalue weighted by Gasteiger charge is 2.14. The van der Waals surface area contributed by atoms with Crippen LogP contribution >= 0.6 is 0 Å². The molecule has 4 rings (SSSR count). The Morgan fingerprint density at radius 1 is 1.04 bits per heavy atom. The van der Waals surface area contributed by atoms with Gasteiger partial charge in [-0.05, 0) is 18.2 Å². The largest absolute Gasteiger partial charge is 0.486 e. The fraction of sp³-hybridized carbons (Fsp3) is 0.150. The fourth-order valence-corrected chi connectivity index (χ4v) is 2.72. The van der Waals surface area contributed by atoms with Gasteiger partial charge in [0.1, 0.15) is 36.9 Å². The molecule has 3 aromatic rings. The summed E-state index contributed by atoms with van der Waals surface area (Å²) in [6.45, 7) is 1.21. The van der Waals surface area contributed by atoms with Crippen LogP contribution in [0.5, 0.6) is 11.5 Å². The third kappa shape index (κ3) is 4.01. The second kappa shape index (κ2) is 7.91. The standard InChI is InChI=1S/C20H17FN4O3/c21-15-4-2-1-3-13(15)11-22-19-10-16(23-12-24-19)20(26)25-14-5-6-17-18(9-14)28-8-7-27-17/h1-6,9-10,12H,7-8,11H2,(H,25,26)(H,22,23,24). The van der Waals surface area contributed by atoms with Gasteiger partial charge >= 0.3 is 0 Å². The van der Waals surface area contributed by atoms with Gasteiger partial charge in [0.2, 0.25) is 0 Å². The minimum atomic E-state index is -0.395. The first-order chi connectivity index (χ1) is 13.7. The molecule has 1 aromatic heterocycles. The molecule has 7 nitrogen and oxygen atoms in total. The third-order valence-corrected chi connectivity index (χ3v) is 4.12. The van der Waals surface area contributed by atoms with Crippen LogP contribution in [0.3, 0.4) is 0 Å². The van der Waals surface area contributed by atoms with Crippen molar-refractivity contribution < 1.29 is 18.7 Å². The predicted octanol–water partition coefficient (Wildman–Crippen LogP) is 3.25. The molecule has 0 saturated carbocycles. The molecule has 8 heteroatoms. The number of nitrogens with one attached hydrogen (secondary N) is 2. The van der Waals surface area contributed by atoms with Gasteiger partial charge in [-0.3, -0.25) is 4.79 Å². The molecule has 0 unspecified atom stereocenters. The van der Waals surface area contributed by atoms with Crippen LogP contribution in [0.25, 0.3) is 0 Å². The summed E-state index contributed by atoms with van der Waals surface area (Å²) in [7, 11) is 0. The highest BCUT2D eigenvalue weighted by Crippen LogP contribution is 2.32. The van der Waals surface area contributed by atoms with E-state index >= 15 is 0 Å². The van der Waals surface area contributed by atoms with E-state index in [9.17, 15) is 9.18 Å². The van der Waals surface area contributed by atoms with Crippen molar-refractivity contribution in [3.05, 3.63) is 71.9 Å². The number of fused-ring (bicyclic) bond motifs is 1. The van der Waals surface area contributed by atoms with Crippen LogP contribution < -0.4 is 20.1 Å². The molecule has 0 fully saturated rings. The summed E-state index contributed by atoms with van der Waals surface area (Å²) < 4.78 is 24.7. The van der Waals surface area contributed by atoms with Crippen LogP contribution in [0.1, 0.15) is 16.1 Å². The van der Waals surface area contributed by atoms with Crippen LogP contribution in [-0.2, 0) is 6.54 Å². The van der Waals surface area contributed by atoms with Gasteiger partial charge in [-0.2, -0.15) is 0 Å². The zero-order valence-electron chi connectivity index (χ0n) is 14.8. The summed E-state index contributed by atoms with van der Waals surface area (Å²) >= 11 is 0. The maximum atomic E-state index is 13.7. The topological polar surface area (TPSA) is 85.4 Å². The Morgan fingerprint density at radius 3 is 2.71 bits per heavy atom. The van der Waals surface area contributed by atoms with E-state index in [0.29, 0.717) is 41.8 Å². The predicted molar refractivity (Wildman–Crippen MR) is 101 cm³/mol. The molecular weight excluding hydrogens is 363 g/mol. The fourth-order valence-electron chi connectivity index (χ4n) is 2.72. The molecule has 0 atom stereocenters. The molecule has 0 radical (unpaired) electrons. The van der Waals surface area contributed by atoms with E-state index in [1.165, 1.54) is 18.5 Å². The average Bonchev–Trinajstić information content (AvgIpc) is 2.73. The minimum absolute atomic E-state index is 0.181. The molecule has 1 aliphatic heterocycles. The summed E-state index contributed by atoms with van der Waals surface area (Å²) in [4.78, 5) is 20.6. The van der Waals surface area contributed by atoms with Gasteiger partial charge in [0.15, 0.2) is 11.5 Å². The number of rotatable bonds is 5. The molecule has 142 valence electrons. The number of benzene rings is 2. The lowest BCUT2D eigenvalue weighted by Gasteiger charge is -2.19. The minimum Gasteiger partial charge on any atom is -0.486 e. The number of nitrogens with zero attached hydrogens (tertiary/aromatic N) is 2. The number of halogens is 1. The van der Waals surface area contributed by atoms with Crippen molar-refractivity contribution in [2.45, 2.75) is 6.54 Å². The Bertz CT molecular complexity index is 1010. The lowest BCUT2D eigenvalue weighted by Crippen LogP contribution is -2.17. The third-order valence-electron chi connectivity index (χ3n) is 4.12. The second-order valence-corrected chi connectivity index (χ2v) is 6.05. The summed E-state index contributed by atoms with van der Waals surface area (Å²) in [6.07, 6.45) is 1.28. The molecule has 1 aliphatic rings. The summed E-state index contributed by atoms with van der Waals surface area (Å²) in [6, 6.07) is 13.1. The quantitative estimate of drug-likeness (QED) is 0.707. The summed E-state index contributed by atoms with van der Waals surface area (Å²) in [5, 5.41) is 5.76. The van der Waals surface area contributed by atoms with E-state index in [1.807, 2.05) is 0 Å². The molecule has 0 bridgehead atoms. The number of anilines is 2. The molecule has 2 aromatic carbocycles. The molecule has 28 heavy (non-hydrogen) atoms. The smallest absolute Gasteiger partial charge is 0.274 e. The van der Waals surface area contributed by atoms with Crippen molar-refractivity contribution in [3.63, 3.8) is 0 Å². The van der Waals surface area contributed by atoms with Crippen LogP contribution in [0.2, 0.25) is 0 Å². The van der Waals surface area contributed by atoms with E-state index < -0.39 is 5.91 Å².